The van der Waals surface area contributed by atoms with Gasteiger partial charge in [0.2, 0.25) is 5.91 Å². The molecule has 1 aromatic rings. The SMILES string of the molecule is CC[C@H](NCC(=O)NC(C)C)c1cccc(Cl)c1. The van der Waals surface area contributed by atoms with E-state index in [2.05, 4.69) is 17.6 Å². The number of hydrogen-bond donors (Lipinski definition) is 2. The van der Waals surface area contributed by atoms with E-state index in [4.69, 9.17) is 11.6 Å². The minimum absolute atomic E-state index is 0.0190. The molecule has 3 nitrogen and oxygen atoms in total. The first kappa shape index (κ1) is 15.0. The van der Waals surface area contributed by atoms with Crippen LogP contribution in [0, 0.1) is 0 Å². The fourth-order valence-corrected chi connectivity index (χ4v) is 2.01. The van der Waals surface area contributed by atoms with E-state index in [0.717, 1.165) is 17.0 Å². The summed E-state index contributed by atoms with van der Waals surface area (Å²) in [7, 11) is 0. The van der Waals surface area contributed by atoms with Crippen molar-refractivity contribution in [2.24, 2.45) is 0 Å². The molecule has 0 heterocycles. The molecule has 0 bridgehead atoms. The van der Waals surface area contributed by atoms with Crippen LogP contribution in [-0.2, 0) is 4.79 Å². The predicted molar refractivity (Wildman–Crippen MR) is 75.8 cm³/mol. The minimum Gasteiger partial charge on any atom is -0.353 e. The molecule has 2 N–H and O–H groups in total. The topological polar surface area (TPSA) is 41.1 Å². The van der Waals surface area contributed by atoms with E-state index in [1.165, 1.54) is 0 Å². The Morgan fingerprint density at radius 3 is 2.67 bits per heavy atom. The molecule has 0 saturated carbocycles. The summed E-state index contributed by atoms with van der Waals surface area (Å²) in [6.07, 6.45) is 0.912. The smallest absolute Gasteiger partial charge is 0.234 e. The third-order valence-corrected chi connectivity index (χ3v) is 2.85. The lowest BCUT2D eigenvalue weighted by atomic mass is 10.0. The Balaban J connectivity index is 2.55. The maximum atomic E-state index is 11.6. The number of carbonyl (C=O) groups excluding carboxylic acids is 1. The van der Waals surface area contributed by atoms with Crippen molar-refractivity contribution in [2.75, 3.05) is 6.54 Å². The van der Waals surface area contributed by atoms with E-state index in [1.54, 1.807) is 0 Å². The highest BCUT2D eigenvalue weighted by Gasteiger charge is 2.11. The number of nitrogens with one attached hydrogen (secondary N) is 2. The first-order chi connectivity index (χ1) is 8.52. The van der Waals surface area contributed by atoms with Gasteiger partial charge < -0.3 is 10.6 Å². The fraction of sp³-hybridized carbons (Fsp3) is 0.500. The summed E-state index contributed by atoms with van der Waals surface area (Å²) >= 11 is 5.97. The highest BCUT2D eigenvalue weighted by molar-refractivity contribution is 6.30. The van der Waals surface area contributed by atoms with Crippen molar-refractivity contribution in [3.63, 3.8) is 0 Å². The van der Waals surface area contributed by atoms with Crippen molar-refractivity contribution in [3.05, 3.63) is 34.9 Å². The van der Waals surface area contributed by atoms with Crippen LogP contribution in [-0.4, -0.2) is 18.5 Å². The zero-order valence-electron chi connectivity index (χ0n) is 11.2. The van der Waals surface area contributed by atoms with Crippen LogP contribution in [0.4, 0.5) is 0 Å². The lowest BCUT2D eigenvalue weighted by molar-refractivity contribution is -0.120. The number of amides is 1. The summed E-state index contributed by atoms with van der Waals surface area (Å²) in [6, 6.07) is 8.06. The Bertz CT molecular complexity index is 393. The Morgan fingerprint density at radius 2 is 2.11 bits per heavy atom. The van der Waals surface area contributed by atoms with Crippen molar-refractivity contribution in [1.29, 1.82) is 0 Å². The first-order valence-electron chi connectivity index (χ1n) is 6.31. The Kier molecular flexibility index (Phi) is 6.16. The zero-order valence-corrected chi connectivity index (χ0v) is 11.9. The highest BCUT2D eigenvalue weighted by Crippen LogP contribution is 2.19. The van der Waals surface area contributed by atoms with Crippen molar-refractivity contribution in [3.8, 4) is 0 Å². The van der Waals surface area contributed by atoms with Crippen LogP contribution in [0.3, 0.4) is 0 Å². The molecule has 1 rings (SSSR count). The van der Waals surface area contributed by atoms with Crippen molar-refractivity contribution in [1.82, 2.24) is 10.6 Å². The van der Waals surface area contributed by atoms with Gasteiger partial charge in [0.1, 0.15) is 0 Å². The van der Waals surface area contributed by atoms with Crippen LogP contribution in [0.15, 0.2) is 24.3 Å². The largest absolute Gasteiger partial charge is 0.353 e. The van der Waals surface area contributed by atoms with Gasteiger partial charge in [0, 0.05) is 17.1 Å². The van der Waals surface area contributed by atoms with Crippen molar-refractivity contribution in [2.45, 2.75) is 39.3 Å². The van der Waals surface area contributed by atoms with Crippen LogP contribution >= 0.6 is 11.6 Å². The summed E-state index contributed by atoms with van der Waals surface area (Å²) in [5, 5.41) is 6.83. The standard InChI is InChI=1S/C14H21ClN2O/c1-4-13(11-6-5-7-12(15)8-11)16-9-14(18)17-10(2)3/h5-8,10,13,16H,4,9H2,1-3H3,(H,17,18)/t13-/m0/s1. The average Bonchev–Trinajstić information content (AvgIpc) is 2.29. The number of carbonyl (C=O) groups is 1. The van der Waals surface area contributed by atoms with Crippen LogP contribution in [0.1, 0.15) is 38.8 Å². The molecule has 1 atom stereocenters. The molecule has 0 radical (unpaired) electrons. The van der Waals surface area contributed by atoms with Crippen LogP contribution in [0.2, 0.25) is 5.02 Å². The van der Waals surface area contributed by atoms with Gasteiger partial charge in [-0.25, -0.2) is 0 Å². The molecule has 18 heavy (non-hydrogen) atoms. The highest BCUT2D eigenvalue weighted by atomic mass is 35.5. The van der Waals surface area contributed by atoms with E-state index in [0.29, 0.717) is 6.54 Å². The summed E-state index contributed by atoms with van der Waals surface area (Å²) in [6.45, 7) is 6.31. The Hall–Kier alpha value is -1.06. The van der Waals surface area contributed by atoms with Crippen LogP contribution in [0.25, 0.3) is 0 Å². The second kappa shape index (κ2) is 7.39. The average molecular weight is 269 g/mol. The van der Waals surface area contributed by atoms with Gasteiger partial charge in [0.05, 0.1) is 6.54 Å². The molecule has 0 unspecified atom stereocenters. The zero-order chi connectivity index (χ0) is 13.5. The molecule has 4 heteroatoms. The fourth-order valence-electron chi connectivity index (χ4n) is 1.81. The molecule has 0 aliphatic heterocycles. The van der Waals surface area contributed by atoms with E-state index < -0.39 is 0 Å². The molecular formula is C14H21ClN2O. The van der Waals surface area contributed by atoms with E-state index in [1.807, 2.05) is 38.1 Å². The van der Waals surface area contributed by atoms with Gasteiger partial charge in [-0.2, -0.15) is 0 Å². The molecule has 1 aromatic carbocycles. The predicted octanol–water partition coefficient (Wildman–Crippen LogP) is 2.91. The number of hydrogen-bond acceptors (Lipinski definition) is 2. The van der Waals surface area contributed by atoms with E-state index in [-0.39, 0.29) is 18.0 Å². The van der Waals surface area contributed by atoms with Gasteiger partial charge in [-0.1, -0.05) is 30.7 Å². The van der Waals surface area contributed by atoms with Crippen molar-refractivity contribution < 1.29 is 4.79 Å². The monoisotopic (exact) mass is 268 g/mol. The third-order valence-electron chi connectivity index (χ3n) is 2.62. The Morgan fingerprint density at radius 1 is 1.39 bits per heavy atom. The Labute approximate surface area is 114 Å². The van der Waals surface area contributed by atoms with E-state index in [9.17, 15) is 4.79 Å². The second-order valence-corrected chi connectivity index (χ2v) is 5.06. The lowest BCUT2D eigenvalue weighted by Gasteiger charge is -2.18. The van der Waals surface area contributed by atoms with Gasteiger partial charge in [0.15, 0.2) is 0 Å². The molecule has 0 aromatic heterocycles. The molecule has 0 aliphatic carbocycles. The molecule has 0 saturated heterocycles. The molecular weight excluding hydrogens is 248 g/mol. The maximum absolute atomic E-state index is 11.6. The normalized spacial score (nSPS) is 12.5. The van der Waals surface area contributed by atoms with Gasteiger partial charge in [-0.15, -0.1) is 0 Å². The number of benzene rings is 1. The third kappa shape index (κ3) is 5.07. The van der Waals surface area contributed by atoms with Crippen LogP contribution in [0.5, 0.6) is 0 Å². The van der Waals surface area contributed by atoms with Gasteiger partial charge in [-0.3, -0.25) is 4.79 Å². The molecule has 0 fully saturated rings. The summed E-state index contributed by atoms with van der Waals surface area (Å²) in [5.74, 6) is 0.0190. The summed E-state index contributed by atoms with van der Waals surface area (Å²) in [5.41, 5.74) is 1.11. The molecule has 0 aliphatic rings. The quantitative estimate of drug-likeness (QED) is 0.833. The van der Waals surface area contributed by atoms with Crippen LogP contribution < -0.4 is 10.6 Å². The van der Waals surface area contributed by atoms with Gasteiger partial charge in [-0.05, 0) is 38.0 Å². The molecule has 1 amide bonds. The molecule has 100 valence electrons. The lowest BCUT2D eigenvalue weighted by Crippen LogP contribution is -2.38. The van der Waals surface area contributed by atoms with Crippen molar-refractivity contribution >= 4 is 17.5 Å². The van der Waals surface area contributed by atoms with Gasteiger partial charge in [0.25, 0.3) is 0 Å². The van der Waals surface area contributed by atoms with E-state index >= 15 is 0 Å². The molecule has 0 spiro atoms. The minimum atomic E-state index is 0.0190. The first-order valence-corrected chi connectivity index (χ1v) is 6.69. The number of halogens is 1. The number of rotatable bonds is 6. The second-order valence-electron chi connectivity index (χ2n) is 4.62. The summed E-state index contributed by atoms with van der Waals surface area (Å²) < 4.78 is 0. The summed E-state index contributed by atoms with van der Waals surface area (Å²) in [4.78, 5) is 11.6. The maximum Gasteiger partial charge on any atom is 0.234 e. The van der Waals surface area contributed by atoms with Gasteiger partial charge >= 0.3 is 0 Å².